The summed E-state index contributed by atoms with van der Waals surface area (Å²) >= 11 is 1.42. The average molecular weight is 276 g/mol. The molecule has 0 saturated heterocycles. The van der Waals surface area contributed by atoms with Crippen LogP contribution in [0.1, 0.15) is 18.2 Å². The molecule has 0 aliphatic heterocycles. The number of nitrogens with two attached hydrogens (primary N) is 2. The van der Waals surface area contributed by atoms with E-state index in [2.05, 4.69) is 10.3 Å². The highest BCUT2D eigenvalue weighted by atomic mass is 32.1. The second-order valence-electron chi connectivity index (χ2n) is 4.25. The van der Waals surface area contributed by atoms with Crippen LogP contribution >= 0.6 is 11.3 Å². The van der Waals surface area contributed by atoms with E-state index >= 15 is 0 Å². The molecule has 0 radical (unpaired) electrons. The molecule has 1 aromatic carbocycles. The summed E-state index contributed by atoms with van der Waals surface area (Å²) in [5, 5.41) is 5.23. The van der Waals surface area contributed by atoms with Crippen LogP contribution in [0.5, 0.6) is 0 Å². The fourth-order valence-electron chi connectivity index (χ4n) is 1.74. The van der Waals surface area contributed by atoms with Gasteiger partial charge in [-0.05, 0) is 24.5 Å². The third-order valence-corrected chi connectivity index (χ3v) is 3.52. The number of nitrogens with one attached hydrogen (secondary N) is 1. The zero-order chi connectivity index (χ0) is 13.8. The first-order chi connectivity index (χ1) is 9.06. The van der Waals surface area contributed by atoms with Gasteiger partial charge in [-0.1, -0.05) is 12.1 Å². The summed E-state index contributed by atoms with van der Waals surface area (Å²) < 4.78 is 0. The summed E-state index contributed by atoms with van der Waals surface area (Å²) in [6.45, 7) is 1.47. The maximum Gasteiger partial charge on any atom is 0.223 e. The lowest BCUT2D eigenvalue weighted by molar-refractivity contribution is -0.114. The molecule has 100 valence electrons. The van der Waals surface area contributed by atoms with Crippen LogP contribution in [0.2, 0.25) is 0 Å². The third kappa shape index (κ3) is 3.45. The zero-order valence-corrected chi connectivity index (χ0v) is 11.5. The molecule has 6 heteroatoms. The topological polar surface area (TPSA) is 94.0 Å². The number of anilines is 3. The summed E-state index contributed by atoms with van der Waals surface area (Å²) in [6.07, 6.45) is 1.55. The van der Waals surface area contributed by atoms with Crippen molar-refractivity contribution in [3.63, 3.8) is 0 Å². The molecule has 19 heavy (non-hydrogen) atoms. The molecule has 1 amide bonds. The summed E-state index contributed by atoms with van der Waals surface area (Å²) in [5.74, 6) is -0.110. The van der Waals surface area contributed by atoms with Crippen LogP contribution in [0.4, 0.5) is 16.5 Å². The van der Waals surface area contributed by atoms with E-state index in [4.69, 9.17) is 11.5 Å². The number of benzene rings is 1. The molecule has 2 rings (SSSR count). The molecule has 0 spiro atoms. The van der Waals surface area contributed by atoms with Crippen molar-refractivity contribution >= 4 is 33.8 Å². The predicted octanol–water partition coefficient (Wildman–Crippen LogP) is 2.05. The van der Waals surface area contributed by atoms with Gasteiger partial charge >= 0.3 is 0 Å². The van der Waals surface area contributed by atoms with Crippen LogP contribution in [0.3, 0.4) is 0 Å². The number of aryl methyl sites for hydroxylation is 2. The van der Waals surface area contributed by atoms with Crippen LogP contribution in [-0.2, 0) is 17.6 Å². The Kier molecular flexibility index (Phi) is 4.01. The molecule has 1 heterocycles. The summed E-state index contributed by atoms with van der Waals surface area (Å²) in [6, 6.07) is 5.65. The van der Waals surface area contributed by atoms with Crippen molar-refractivity contribution in [3.05, 3.63) is 34.8 Å². The highest BCUT2D eigenvalue weighted by Gasteiger charge is 2.06. The number of hydrogen-bond donors (Lipinski definition) is 3. The summed E-state index contributed by atoms with van der Waals surface area (Å²) in [4.78, 5) is 15.2. The number of thiazole rings is 1. The smallest absolute Gasteiger partial charge is 0.223 e. The van der Waals surface area contributed by atoms with E-state index in [0.717, 1.165) is 24.1 Å². The second kappa shape index (κ2) is 5.71. The molecule has 0 bridgehead atoms. The van der Waals surface area contributed by atoms with Gasteiger partial charge in [0, 0.05) is 12.3 Å². The predicted molar refractivity (Wildman–Crippen MR) is 79.1 cm³/mol. The largest absolute Gasteiger partial charge is 0.397 e. The fourth-order valence-corrected chi connectivity index (χ4v) is 2.53. The number of rotatable bonds is 4. The Morgan fingerprint density at radius 1 is 1.37 bits per heavy atom. The van der Waals surface area contributed by atoms with Gasteiger partial charge in [0.2, 0.25) is 5.91 Å². The standard InChI is InChI=1S/C13H16N4OS/c1-8(18)16-13-17-10(7-19-13)6-5-9-3-2-4-11(14)12(9)15/h2-4,7H,5-6,14-15H2,1H3,(H,16,17,18). The molecule has 0 saturated carbocycles. The van der Waals surface area contributed by atoms with E-state index in [1.165, 1.54) is 18.3 Å². The maximum atomic E-state index is 10.9. The van der Waals surface area contributed by atoms with Gasteiger partial charge in [0.25, 0.3) is 0 Å². The molecular weight excluding hydrogens is 260 g/mol. The average Bonchev–Trinajstić information content (AvgIpc) is 2.78. The Bertz CT molecular complexity index is 594. The molecule has 0 aliphatic carbocycles. The molecule has 0 unspecified atom stereocenters. The number of carbonyl (C=O) groups is 1. The van der Waals surface area contributed by atoms with Crippen LogP contribution in [0.25, 0.3) is 0 Å². The quantitative estimate of drug-likeness (QED) is 0.745. The van der Waals surface area contributed by atoms with Gasteiger partial charge < -0.3 is 16.8 Å². The van der Waals surface area contributed by atoms with E-state index in [-0.39, 0.29) is 5.91 Å². The lowest BCUT2D eigenvalue weighted by Crippen LogP contribution is -2.05. The first-order valence-corrected chi connectivity index (χ1v) is 6.79. The summed E-state index contributed by atoms with van der Waals surface area (Å²) in [5.41, 5.74) is 14.9. The normalized spacial score (nSPS) is 10.4. The van der Waals surface area contributed by atoms with Crippen LogP contribution in [-0.4, -0.2) is 10.9 Å². The fraction of sp³-hybridized carbons (Fsp3) is 0.231. The molecule has 0 aliphatic rings. The van der Waals surface area contributed by atoms with Crippen molar-refractivity contribution in [2.24, 2.45) is 0 Å². The molecular formula is C13H16N4OS. The first kappa shape index (κ1) is 13.4. The summed E-state index contributed by atoms with van der Waals surface area (Å²) in [7, 11) is 0. The van der Waals surface area contributed by atoms with E-state index in [9.17, 15) is 4.79 Å². The van der Waals surface area contributed by atoms with Gasteiger partial charge in [-0.15, -0.1) is 11.3 Å². The van der Waals surface area contributed by atoms with Crippen molar-refractivity contribution in [1.29, 1.82) is 0 Å². The van der Waals surface area contributed by atoms with Crippen LogP contribution in [0.15, 0.2) is 23.6 Å². The van der Waals surface area contributed by atoms with Crippen molar-refractivity contribution in [2.75, 3.05) is 16.8 Å². The van der Waals surface area contributed by atoms with E-state index < -0.39 is 0 Å². The van der Waals surface area contributed by atoms with E-state index in [1.807, 2.05) is 17.5 Å². The van der Waals surface area contributed by atoms with E-state index in [0.29, 0.717) is 16.5 Å². The van der Waals surface area contributed by atoms with Crippen molar-refractivity contribution in [3.8, 4) is 0 Å². The molecule has 1 aromatic heterocycles. The minimum Gasteiger partial charge on any atom is -0.397 e. The first-order valence-electron chi connectivity index (χ1n) is 5.91. The second-order valence-corrected chi connectivity index (χ2v) is 5.10. The molecule has 2 aromatic rings. The molecule has 0 fully saturated rings. The van der Waals surface area contributed by atoms with Crippen molar-refractivity contribution < 1.29 is 4.79 Å². The highest BCUT2D eigenvalue weighted by molar-refractivity contribution is 7.13. The number of para-hydroxylation sites is 1. The minimum absolute atomic E-state index is 0.110. The Balaban J connectivity index is 2.00. The molecule has 5 N–H and O–H groups in total. The van der Waals surface area contributed by atoms with Crippen LogP contribution < -0.4 is 16.8 Å². The Morgan fingerprint density at radius 2 is 2.16 bits per heavy atom. The lowest BCUT2D eigenvalue weighted by Gasteiger charge is -2.06. The number of carbonyl (C=O) groups excluding carboxylic acids is 1. The van der Waals surface area contributed by atoms with Gasteiger partial charge in [-0.3, -0.25) is 4.79 Å². The number of nitrogens with zero attached hydrogens (tertiary/aromatic N) is 1. The van der Waals surface area contributed by atoms with Gasteiger partial charge in [0.1, 0.15) is 0 Å². The van der Waals surface area contributed by atoms with Crippen molar-refractivity contribution in [1.82, 2.24) is 4.98 Å². The monoisotopic (exact) mass is 276 g/mol. The molecule has 5 nitrogen and oxygen atoms in total. The molecule has 0 atom stereocenters. The zero-order valence-electron chi connectivity index (χ0n) is 10.6. The Hall–Kier alpha value is -2.08. The number of hydrogen-bond acceptors (Lipinski definition) is 5. The van der Waals surface area contributed by atoms with Gasteiger partial charge in [-0.2, -0.15) is 0 Å². The maximum absolute atomic E-state index is 10.9. The minimum atomic E-state index is -0.110. The highest BCUT2D eigenvalue weighted by Crippen LogP contribution is 2.22. The van der Waals surface area contributed by atoms with Crippen LogP contribution in [0, 0.1) is 0 Å². The third-order valence-electron chi connectivity index (χ3n) is 2.72. The van der Waals surface area contributed by atoms with Crippen molar-refractivity contribution in [2.45, 2.75) is 19.8 Å². The Labute approximate surface area is 115 Å². The van der Waals surface area contributed by atoms with Gasteiger partial charge in [-0.25, -0.2) is 4.98 Å². The Morgan fingerprint density at radius 3 is 2.89 bits per heavy atom. The number of amides is 1. The van der Waals surface area contributed by atoms with Gasteiger partial charge in [0.05, 0.1) is 17.1 Å². The number of aromatic nitrogens is 1. The SMILES string of the molecule is CC(=O)Nc1nc(CCc2cccc(N)c2N)cs1. The van der Waals surface area contributed by atoms with Gasteiger partial charge in [0.15, 0.2) is 5.13 Å². The van der Waals surface area contributed by atoms with E-state index in [1.54, 1.807) is 6.07 Å². The number of nitrogen functional groups attached to an aromatic ring is 2. The lowest BCUT2D eigenvalue weighted by atomic mass is 10.1.